The second kappa shape index (κ2) is 5.76. The molecule has 1 fully saturated rings. The molecule has 1 saturated heterocycles. The van der Waals surface area contributed by atoms with Gasteiger partial charge in [-0.25, -0.2) is 9.37 Å². The summed E-state index contributed by atoms with van der Waals surface area (Å²) in [6.45, 7) is 0.422. The van der Waals surface area contributed by atoms with E-state index in [-0.39, 0.29) is 22.7 Å². The molecule has 3 N–H and O–H groups in total. The molecule has 1 aromatic heterocycles. The van der Waals surface area contributed by atoms with Crippen molar-refractivity contribution in [3.05, 3.63) is 41.3 Å². The highest BCUT2D eigenvalue weighted by atomic mass is 35.5. The predicted octanol–water partition coefficient (Wildman–Crippen LogP) is 2.07. The molecular weight excluding hydrogens is 309 g/mol. The standard InChI is InChI=1S/C14H13ClFN5O/c15-11-7-12(20-14(17)19-11)18-9-5-6-21(13(9)22)10-4-2-1-3-8(10)16/h1-4,7,9H,5-6H2,(H3,17,18,19,20)/t9-/m0/s1. The van der Waals surface area contributed by atoms with E-state index in [1.165, 1.54) is 17.0 Å². The Balaban J connectivity index is 1.78. The average Bonchev–Trinajstić information content (AvgIpc) is 2.80. The smallest absolute Gasteiger partial charge is 0.249 e. The van der Waals surface area contributed by atoms with E-state index in [1.807, 2.05) is 0 Å². The number of rotatable bonds is 3. The molecule has 0 aliphatic carbocycles. The zero-order valence-corrected chi connectivity index (χ0v) is 12.2. The molecule has 0 spiro atoms. The van der Waals surface area contributed by atoms with Crippen LogP contribution in [0.5, 0.6) is 0 Å². The number of carbonyl (C=O) groups is 1. The molecule has 1 aliphatic rings. The number of benzene rings is 1. The lowest BCUT2D eigenvalue weighted by atomic mass is 10.2. The number of anilines is 3. The Labute approximate surface area is 131 Å². The monoisotopic (exact) mass is 321 g/mol. The van der Waals surface area contributed by atoms with Crippen LogP contribution >= 0.6 is 11.6 Å². The second-order valence-electron chi connectivity index (χ2n) is 4.86. The van der Waals surface area contributed by atoms with Gasteiger partial charge in [0.1, 0.15) is 22.8 Å². The molecule has 3 rings (SSSR count). The molecule has 1 aliphatic heterocycles. The van der Waals surface area contributed by atoms with Gasteiger partial charge in [-0.2, -0.15) is 4.98 Å². The lowest BCUT2D eigenvalue weighted by molar-refractivity contribution is -0.117. The number of aromatic nitrogens is 2. The maximum absolute atomic E-state index is 13.8. The minimum absolute atomic E-state index is 0.0198. The second-order valence-corrected chi connectivity index (χ2v) is 5.25. The summed E-state index contributed by atoms with van der Waals surface area (Å²) in [6, 6.07) is 7.16. The number of para-hydroxylation sites is 1. The van der Waals surface area contributed by atoms with E-state index in [0.29, 0.717) is 18.8 Å². The summed E-state index contributed by atoms with van der Waals surface area (Å²) in [5.74, 6) is -0.262. The number of halogens is 2. The van der Waals surface area contributed by atoms with Gasteiger partial charge in [-0.15, -0.1) is 0 Å². The fourth-order valence-electron chi connectivity index (χ4n) is 2.41. The van der Waals surface area contributed by atoms with Crippen molar-refractivity contribution in [2.75, 3.05) is 22.5 Å². The van der Waals surface area contributed by atoms with Crippen molar-refractivity contribution in [2.45, 2.75) is 12.5 Å². The van der Waals surface area contributed by atoms with Gasteiger partial charge in [-0.05, 0) is 18.6 Å². The molecular formula is C14H13ClFN5O. The molecule has 1 aromatic carbocycles. The molecule has 114 valence electrons. The van der Waals surface area contributed by atoms with E-state index >= 15 is 0 Å². The Kier molecular flexibility index (Phi) is 3.81. The van der Waals surface area contributed by atoms with E-state index in [2.05, 4.69) is 15.3 Å². The van der Waals surface area contributed by atoms with Gasteiger partial charge in [0.25, 0.3) is 0 Å². The predicted molar refractivity (Wildman–Crippen MR) is 82.2 cm³/mol. The van der Waals surface area contributed by atoms with Gasteiger partial charge in [-0.3, -0.25) is 4.79 Å². The molecule has 0 bridgehead atoms. The molecule has 1 atom stereocenters. The van der Waals surface area contributed by atoms with Gasteiger partial charge in [0.15, 0.2) is 0 Å². The fourth-order valence-corrected chi connectivity index (χ4v) is 2.60. The van der Waals surface area contributed by atoms with Crippen molar-refractivity contribution in [1.29, 1.82) is 0 Å². The number of amides is 1. The van der Waals surface area contributed by atoms with Crippen molar-refractivity contribution in [2.24, 2.45) is 0 Å². The summed E-state index contributed by atoms with van der Waals surface area (Å²) in [5, 5.41) is 3.15. The summed E-state index contributed by atoms with van der Waals surface area (Å²) in [7, 11) is 0. The van der Waals surface area contributed by atoms with Crippen LogP contribution in [0.2, 0.25) is 5.15 Å². The fraction of sp³-hybridized carbons (Fsp3) is 0.214. The van der Waals surface area contributed by atoms with Crippen LogP contribution < -0.4 is 16.0 Å². The van der Waals surface area contributed by atoms with Crippen LogP contribution in [-0.4, -0.2) is 28.5 Å². The first-order valence-electron chi connectivity index (χ1n) is 6.67. The van der Waals surface area contributed by atoms with E-state index in [1.54, 1.807) is 18.2 Å². The Morgan fingerprint density at radius 3 is 2.86 bits per heavy atom. The van der Waals surface area contributed by atoms with Crippen molar-refractivity contribution in [3.8, 4) is 0 Å². The summed E-state index contributed by atoms with van der Waals surface area (Å²) in [6.07, 6.45) is 0.523. The SMILES string of the molecule is Nc1nc(Cl)cc(N[C@H]2CCN(c3ccccc3F)C2=O)n1. The first-order valence-corrected chi connectivity index (χ1v) is 7.05. The van der Waals surface area contributed by atoms with E-state index in [0.717, 1.165) is 0 Å². The van der Waals surface area contributed by atoms with Crippen LogP contribution in [0, 0.1) is 5.82 Å². The molecule has 0 radical (unpaired) electrons. The highest BCUT2D eigenvalue weighted by Crippen LogP contribution is 2.26. The first-order chi connectivity index (χ1) is 10.5. The molecule has 2 aromatic rings. The van der Waals surface area contributed by atoms with Crippen molar-refractivity contribution < 1.29 is 9.18 Å². The van der Waals surface area contributed by atoms with Crippen LogP contribution in [0.3, 0.4) is 0 Å². The van der Waals surface area contributed by atoms with Crippen LogP contribution in [0.25, 0.3) is 0 Å². The number of carbonyl (C=O) groups excluding carboxylic acids is 1. The number of nitrogens with two attached hydrogens (primary N) is 1. The number of nitrogen functional groups attached to an aromatic ring is 1. The van der Waals surface area contributed by atoms with E-state index in [9.17, 15) is 9.18 Å². The van der Waals surface area contributed by atoms with Crippen LogP contribution in [0.15, 0.2) is 30.3 Å². The minimum atomic E-state index is -0.509. The number of nitrogens with one attached hydrogen (secondary N) is 1. The van der Waals surface area contributed by atoms with Crippen LogP contribution in [0.1, 0.15) is 6.42 Å². The number of hydrogen-bond donors (Lipinski definition) is 2. The van der Waals surface area contributed by atoms with E-state index in [4.69, 9.17) is 17.3 Å². The van der Waals surface area contributed by atoms with Crippen LogP contribution in [-0.2, 0) is 4.79 Å². The molecule has 8 heteroatoms. The molecule has 22 heavy (non-hydrogen) atoms. The molecule has 2 heterocycles. The van der Waals surface area contributed by atoms with Crippen molar-refractivity contribution >= 4 is 35.0 Å². The molecule has 1 amide bonds. The Hall–Kier alpha value is -2.41. The maximum atomic E-state index is 13.8. The van der Waals surface area contributed by atoms with Gasteiger partial charge >= 0.3 is 0 Å². The third kappa shape index (κ3) is 2.80. The molecule has 0 unspecified atom stereocenters. The lowest BCUT2D eigenvalue weighted by Crippen LogP contribution is -2.34. The third-order valence-corrected chi connectivity index (χ3v) is 3.58. The normalized spacial score (nSPS) is 17.8. The number of hydrogen-bond acceptors (Lipinski definition) is 5. The van der Waals surface area contributed by atoms with Crippen LogP contribution in [0.4, 0.5) is 21.8 Å². The van der Waals surface area contributed by atoms with Crippen molar-refractivity contribution in [1.82, 2.24) is 9.97 Å². The van der Waals surface area contributed by atoms with Gasteiger partial charge in [0.05, 0.1) is 5.69 Å². The topological polar surface area (TPSA) is 84.1 Å². The highest BCUT2D eigenvalue weighted by molar-refractivity contribution is 6.29. The molecule has 6 nitrogen and oxygen atoms in total. The van der Waals surface area contributed by atoms with Gasteiger partial charge in [-0.1, -0.05) is 23.7 Å². The van der Waals surface area contributed by atoms with Crippen molar-refractivity contribution in [3.63, 3.8) is 0 Å². The summed E-state index contributed by atoms with van der Waals surface area (Å²) in [4.78, 5) is 21.6. The quantitative estimate of drug-likeness (QED) is 0.845. The molecule has 0 saturated carbocycles. The van der Waals surface area contributed by atoms with Gasteiger partial charge in [0.2, 0.25) is 11.9 Å². The van der Waals surface area contributed by atoms with Gasteiger partial charge < -0.3 is 16.0 Å². The highest BCUT2D eigenvalue weighted by Gasteiger charge is 2.34. The zero-order chi connectivity index (χ0) is 15.7. The third-order valence-electron chi connectivity index (χ3n) is 3.38. The number of nitrogens with zero attached hydrogens (tertiary/aromatic N) is 3. The first kappa shape index (κ1) is 14.5. The largest absolute Gasteiger partial charge is 0.368 e. The maximum Gasteiger partial charge on any atom is 0.249 e. The summed E-state index contributed by atoms with van der Waals surface area (Å²) in [5.41, 5.74) is 5.79. The Morgan fingerprint density at radius 2 is 2.14 bits per heavy atom. The Morgan fingerprint density at radius 1 is 1.36 bits per heavy atom. The zero-order valence-electron chi connectivity index (χ0n) is 11.5. The average molecular weight is 322 g/mol. The minimum Gasteiger partial charge on any atom is -0.368 e. The summed E-state index contributed by atoms with van der Waals surface area (Å²) >= 11 is 5.80. The lowest BCUT2D eigenvalue weighted by Gasteiger charge is -2.18. The Bertz CT molecular complexity index is 706. The van der Waals surface area contributed by atoms with E-state index < -0.39 is 11.9 Å². The summed E-state index contributed by atoms with van der Waals surface area (Å²) < 4.78 is 13.8. The van der Waals surface area contributed by atoms with Gasteiger partial charge in [0, 0.05) is 12.6 Å².